The van der Waals surface area contributed by atoms with E-state index in [0.717, 1.165) is 17.1 Å². The van der Waals surface area contributed by atoms with Gasteiger partial charge in [0.25, 0.3) is 0 Å². The molecular formula is C59H39NS. The van der Waals surface area contributed by atoms with E-state index in [-0.39, 0.29) is 0 Å². The van der Waals surface area contributed by atoms with E-state index < -0.39 is 5.41 Å². The van der Waals surface area contributed by atoms with Crippen LogP contribution in [0.15, 0.2) is 237 Å². The van der Waals surface area contributed by atoms with Crippen LogP contribution in [0.2, 0.25) is 0 Å². The van der Waals surface area contributed by atoms with Crippen LogP contribution < -0.4 is 4.90 Å². The van der Waals surface area contributed by atoms with Crippen molar-refractivity contribution in [2.24, 2.45) is 0 Å². The Hall–Kier alpha value is -7.52. The van der Waals surface area contributed by atoms with Crippen molar-refractivity contribution in [2.45, 2.75) is 5.41 Å². The summed E-state index contributed by atoms with van der Waals surface area (Å²) in [7, 11) is 0. The molecular weight excluding hydrogens is 755 g/mol. The Morgan fingerprint density at radius 3 is 1.70 bits per heavy atom. The summed E-state index contributed by atoms with van der Waals surface area (Å²) in [6, 6.07) is 87.3. The second-order valence-corrected chi connectivity index (χ2v) is 17.0. The number of rotatable bonds is 7. The van der Waals surface area contributed by atoms with Crippen molar-refractivity contribution in [1.82, 2.24) is 0 Å². The molecule has 1 heterocycles. The van der Waals surface area contributed by atoms with Gasteiger partial charge in [0.2, 0.25) is 0 Å². The topological polar surface area (TPSA) is 3.24 Å². The molecule has 0 atom stereocenters. The van der Waals surface area contributed by atoms with E-state index in [9.17, 15) is 0 Å². The van der Waals surface area contributed by atoms with Crippen molar-refractivity contribution >= 4 is 59.3 Å². The van der Waals surface area contributed by atoms with Gasteiger partial charge in [0.15, 0.2) is 0 Å². The lowest BCUT2D eigenvalue weighted by Gasteiger charge is -2.35. The number of para-hydroxylation sites is 1. The van der Waals surface area contributed by atoms with Gasteiger partial charge in [-0.3, -0.25) is 0 Å². The summed E-state index contributed by atoms with van der Waals surface area (Å²) in [5, 5.41) is 5.17. The van der Waals surface area contributed by atoms with Crippen molar-refractivity contribution in [3.63, 3.8) is 0 Å². The number of hydrogen-bond acceptors (Lipinski definition) is 2. The summed E-state index contributed by atoms with van der Waals surface area (Å²) in [5.41, 5.74) is 15.3. The average Bonchev–Trinajstić information content (AvgIpc) is 3.87. The Morgan fingerprint density at radius 2 is 0.934 bits per heavy atom. The fraction of sp³-hybridized carbons (Fsp3) is 0.0169. The third kappa shape index (κ3) is 5.53. The van der Waals surface area contributed by atoms with Crippen LogP contribution in [0.3, 0.4) is 0 Å². The van der Waals surface area contributed by atoms with Crippen LogP contribution >= 0.6 is 11.3 Å². The maximum atomic E-state index is 2.48. The molecule has 0 unspecified atom stereocenters. The maximum absolute atomic E-state index is 2.48. The maximum Gasteiger partial charge on any atom is 0.0714 e. The lowest BCUT2D eigenvalue weighted by molar-refractivity contribution is 0.768. The van der Waals surface area contributed by atoms with E-state index in [4.69, 9.17) is 0 Å². The Kier molecular flexibility index (Phi) is 8.33. The van der Waals surface area contributed by atoms with Crippen LogP contribution in [0.5, 0.6) is 0 Å². The summed E-state index contributed by atoms with van der Waals surface area (Å²) >= 11 is 1.88. The van der Waals surface area contributed by atoms with E-state index >= 15 is 0 Å². The molecule has 0 bridgehead atoms. The Balaban J connectivity index is 1.14. The molecule has 11 aromatic rings. The molecule has 1 aromatic heterocycles. The molecule has 0 saturated carbocycles. The molecule has 0 amide bonds. The van der Waals surface area contributed by atoms with Gasteiger partial charge in [-0.25, -0.2) is 0 Å². The average molecular weight is 794 g/mol. The van der Waals surface area contributed by atoms with Gasteiger partial charge in [0, 0.05) is 37.1 Å². The first-order valence-corrected chi connectivity index (χ1v) is 21.8. The summed E-state index contributed by atoms with van der Waals surface area (Å²) in [4.78, 5) is 2.48. The molecule has 0 N–H and O–H groups in total. The van der Waals surface area contributed by atoms with E-state index in [0.29, 0.717) is 0 Å². The van der Waals surface area contributed by atoms with Crippen LogP contribution in [-0.2, 0) is 5.41 Å². The van der Waals surface area contributed by atoms with Gasteiger partial charge in [0.1, 0.15) is 0 Å². The quantitative estimate of drug-likeness (QED) is 0.155. The van der Waals surface area contributed by atoms with Crippen LogP contribution in [0.1, 0.15) is 22.3 Å². The molecule has 0 fully saturated rings. The Labute approximate surface area is 360 Å². The monoisotopic (exact) mass is 793 g/mol. The fourth-order valence-electron chi connectivity index (χ4n) is 10.1. The summed E-state index contributed by atoms with van der Waals surface area (Å²) < 4.78 is 2.62. The number of anilines is 3. The van der Waals surface area contributed by atoms with Crippen LogP contribution in [0, 0.1) is 0 Å². The van der Waals surface area contributed by atoms with Gasteiger partial charge >= 0.3 is 0 Å². The van der Waals surface area contributed by atoms with Gasteiger partial charge in [0.05, 0.1) is 11.1 Å². The van der Waals surface area contributed by atoms with Crippen molar-refractivity contribution < 1.29 is 0 Å². The van der Waals surface area contributed by atoms with Crippen molar-refractivity contribution in [3.8, 4) is 33.4 Å². The molecule has 61 heavy (non-hydrogen) atoms. The normalized spacial score (nSPS) is 12.7. The lowest BCUT2D eigenvalue weighted by Crippen LogP contribution is -2.28. The highest BCUT2D eigenvalue weighted by atomic mass is 32.1. The number of nitrogens with zero attached hydrogens (tertiary/aromatic N) is 1. The minimum absolute atomic E-state index is 0.520. The first-order valence-electron chi connectivity index (χ1n) is 21.0. The summed E-state index contributed by atoms with van der Waals surface area (Å²) in [6.07, 6.45) is 0. The second kappa shape index (κ2) is 14.3. The van der Waals surface area contributed by atoms with Crippen molar-refractivity contribution in [3.05, 3.63) is 259 Å². The molecule has 12 rings (SSSR count). The molecule has 1 aliphatic rings. The van der Waals surface area contributed by atoms with E-state index in [1.54, 1.807) is 0 Å². The van der Waals surface area contributed by atoms with Gasteiger partial charge in [-0.2, -0.15) is 0 Å². The Morgan fingerprint density at radius 1 is 0.344 bits per heavy atom. The highest BCUT2D eigenvalue weighted by Gasteiger charge is 2.46. The third-order valence-electron chi connectivity index (χ3n) is 12.8. The molecule has 1 aliphatic carbocycles. The zero-order chi connectivity index (χ0) is 40.3. The largest absolute Gasteiger partial charge is 0.310 e. The Bertz CT molecular complexity index is 3360. The molecule has 0 saturated heterocycles. The molecule has 10 aromatic carbocycles. The van der Waals surface area contributed by atoms with Crippen LogP contribution in [-0.4, -0.2) is 0 Å². The highest BCUT2D eigenvalue weighted by Crippen LogP contribution is 2.57. The number of hydrogen-bond donors (Lipinski definition) is 0. The predicted molar refractivity (Wildman–Crippen MR) is 260 cm³/mol. The first kappa shape index (κ1) is 35.4. The predicted octanol–water partition coefficient (Wildman–Crippen LogP) is 16.4. The van der Waals surface area contributed by atoms with E-state index in [1.807, 2.05) is 11.3 Å². The van der Waals surface area contributed by atoms with E-state index in [1.165, 1.54) is 86.6 Å². The molecule has 1 nitrogen and oxygen atoms in total. The smallest absolute Gasteiger partial charge is 0.0714 e. The van der Waals surface area contributed by atoms with Gasteiger partial charge in [-0.15, -0.1) is 11.3 Å². The molecule has 0 spiro atoms. The van der Waals surface area contributed by atoms with Crippen LogP contribution in [0.25, 0.3) is 64.3 Å². The number of benzene rings is 10. The fourth-order valence-corrected chi connectivity index (χ4v) is 11.3. The zero-order valence-corrected chi connectivity index (χ0v) is 34.2. The molecule has 0 aliphatic heterocycles. The van der Waals surface area contributed by atoms with Crippen molar-refractivity contribution in [1.29, 1.82) is 0 Å². The highest BCUT2D eigenvalue weighted by molar-refractivity contribution is 7.26. The van der Waals surface area contributed by atoms with Gasteiger partial charge in [-0.1, -0.05) is 194 Å². The minimum Gasteiger partial charge on any atom is -0.310 e. The number of thiophene rings is 1. The summed E-state index contributed by atoms with van der Waals surface area (Å²) in [6.45, 7) is 0. The van der Waals surface area contributed by atoms with E-state index in [2.05, 4.69) is 241 Å². The van der Waals surface area contributed by atoms with Gasteiger partial charge in [-0.05, 0) is 103 Å². The zero-order valence-electron chi connectivity index (χ0n) is 33.4. The second-order valence-electron chi connectivity index (χ2n) is 16.0. The van der Waals surface area contributed by atoms with Crippen LogP contribution in [0.4, 0.5) is 17.1 Å². The SMILES string of the molecule is c1ccc(-c2ccc(N(c3ccc4c(c3)C(c3ccccc3)(c3ccccc3)c3ccccc3-4)c3ccccc3-c3cccc4ccc5sc6ccccc6c5c34)cc2)cc1. The first-order chi connectivity index (χ1) is 30.3. The number of fused-ring (bicyclic) bond motifs is 8. The van der Waals surface area contributed by atoms with Crippen molar-refractivity contribution in [2.75, 3.05) is 4.90 Å². The standard InChI is InChI=1S/C59H39NS/c1-4-17-40(18-5-1)41-31-34-45(35-32-41)60(54-29-14-11-25-49(54)50-27-16-19-42-33-38-56-58(57(42)50)51-26-12-15-30-55(51)61-56)46-36-37-48-47-24-10-13-28-52(47)59(53(48)39-46,43-20-6-2-7-21-43)44-22-8-3-9-23-44/h1-39H. The van der Waals surface area contributed by atoms with Gasteiger partial charge < -0.3 is 4.90 Å². The summed E-state index contributed by atoms with van der Waals surface area (Å²) in [5.74, 6) is 0. The third-order valence-corrected chi connectivity index (χ3v) is 13.9. The molecule has 286 valence electrons. The lowest BCUT2D eigenvalue weighted by atomic mass is 9.67. The molecule has 2 heteroatoms. The minimum atomic E-state index is -0.520. The molecule has 0 radical (unpaired) electrons.